The maximum absolute atomic E-state index is 13.7. The number of amides is 1. The Hall–Kier alpha value is -3.77. The molecule has 0 aliphatic carbocycles. The molecule has 2 heterocycles. The largest absolute Gasteiger partial charge is 0.497 e. The smallest absolute Gasteiger partial charge is 0.290 e. The van der Waals surface area contributed by atoms with Gasteiger partial charge in [-0.05, 0) is 66.4 Å². The number of halogens is 1. The molecule has 1 unspecified atom stereocenters. The molecule has 0 fully saturated rings. The van der Waals surface area contributed by atoms with E-state index in [2.05, 4.69) is 6.92 Å². The summed E-state index contributed by atoms with van der Waals surface area (Å²) in [6.45, 7) is 3.22. The minimum atomic E-state index is -0.579. The second kappa shape index (κ2) is 11.3. The number of unbranched alkanes of at least 4 members (excludes halogenated alkanes) is 2. The first-order valence-electron chi connectivity index (χ1n) is 12.9. The SMILES string of the molecule is CCCCCOc1ccc(C2c3c(oc4ccc(Cl)cc4c3=O)C(=O)N2CCc2ccc(OC)cc2)cc1. The summed E-state index contributed by atoms with van der Waals surface area (Å²) in [5.41, 5.74) is 2.32. The van der Waals surface area contributed by atoms with Crippen LogP contribution >= 0.6 is 11.6 Å². The summed E-state index contributed by atoms with van der Waals surface area (Å²) in [4.78, 5) is 29.1. The second-order valence-electron chi connectivity index (χ2n) is 9.44. The zero-order valence-electron chi connectivity index (χ0n) is 21.5. The molecule has 7 heteroatoms. The van der Waals surface area contributed by atoms with Crippen LogP contribution in [-0.2, 0) is 6.42 Å². The average molecular weight is 532 g/mol. The predicted octanol–water partition coefficient (Wildman–Crippen LogP) is 6.81. The molecular weight excluding hydrogens is 502 g/mol. The first-order chi connectivity index (χ1) is 18.5. The van der Waals surface area contributed by atoms with Gasteiger partial charge in [-0.3, -0.25) is 9.59 Å². The molecule has 5 rings (SSSR count). The maximum atomic E-state index is 13.7. The fourth-order valence-corrected chi connectivity index (χ4v) is 5.07. The number of methoxy groups -OCH3 is 1. The lowest BCUT2D eigenvalue weighted by atomic mass is 9.98. The Morgan fingerprint density at radius 1 is 0.947 bits per heavy atom. The van der Waals surface area contributed by atoms with Crippen molar-refractivity contribution in [3.8, 4) is 11.5 Å². The van der Waals surface area contributed by atoms with Gasteiger partial charge in [0.05, 0.1) is 30.7 Å². The van der Waals surface area contributed by atoms with E-state index in [0.717, 1.165) is 41.9 Å². The molecule has 0 radical (unpaired) electrons. The monoisotopic (exact) mass is 531 g/mol. The van der Waals surface area contributed by atoms with E-state index in [-0.39, 0.29) is 17.1 Å². The van der Waals surface area contributed by atoms with Crippen LogP contribution in [0.3, 0.4) is 0 Å². The zero-order chi connectivity index (χ0) is 26.6. The van der Waals surface area contributed by atoms with Crippen LogP contribution in [0.1, 0.15) is 59.5 Å². The van der Waals surface area contributed by atoms with E-state index in [0.29, 0.717) is 41.1 Å². The van der Waals surface area contributed by atoms with Crippen molar-refractivity contribution in [3.05, 3.63) is 104 Å². The van der Waals surface area contributed by atoms with Gasteiger partial charge in [0.1, 0.15) is 17.1 Å². The van der Waals surface area contributed by atoms with Gasteiger partial charge in [0, 0.05) is 11.6 Å². The molecule has 0 saturated heterocycles. The van der Waals surface area contributed by atoms with Gasteiger partial charge in [0.15, 0.2) is 5.43 Å². The fraction of sp³-hybridized carbons (Fsp3) is 0.290. The number of benzene rings is 3. The standard InChI is InChI=1S/C31H30ClNO5/c1-3-4-5-18-37-24-13-8-21(9-14-24)28-27-29(34)25-19-22(32)10-15-26(25)38-30(27)31(35)33(28)17-16-20-6-11-23(36-2)12-7-20/h6-15,19,28H,3-5,16-18H2,1-2H3. The Bertz CT molecular complexity index is 1490. The molecule has 1 amide bonds. The van der Waals surface area contributed by atoms with E-state index in [4.69, 9.17) is 25.5 Å². The number of hydrogen-bond acceptors (Lipinski definition) is 5. The van der Waals surface area contributed by atoms with E-state index in [9.17, 15) is 9.59 Å². The Morgan fingerprint density at radius 2 is 1.68 bits per heavy atom. The van der Waals surface area contributed by atoms with Gasteiger partial charge in [-0.15, -0.1) is 0 Å². The van der Waals surface area contributed by atoms with E-state index in [1.165, 1.54) is 0 Å². The van der Waals surface area contributed by atoms with Crippen LogP contribution in [0.15, 0.2) is 75.9 Å². The third-order valence-corrected chi connectivity index (χ3v) is 7.18. The van der Waals surface area contributed by atoms with Crippen molar-refractivity contribution in [1.82, 2.24) is 4.90 Å². The van der Waals surface area contributed by atoms with Crippen LogP contribution in [0.5, 0.6) is 11.5 Å². The summed E-state index contributed by atoms with van der Waals surface area (Å²) in [5, 5.41) is 0.800. The van der Waals surface area contributed by atoms with Crippen molar-refractivity contribution in [1.29, 1.82) is 0 Å². The number of carbonyl (C=O) groups excluding carboxylic acids is 1. The number of ether oxygens (including phenoxy) is 2. The first kappa shape index (κ1) is 25.9. The Balaban J connectivity index is 1.50. The summed E-state index contributed by atoms with van der Waals surface area (Å²) in [6.07, 6.45) is 3.86. The number of nitrogens with zero attached hydrogens (tertiary/aromatic N) is 1. The highest BCUT2D eigenvalue weighted by Crippen LogP contribution is 2.39. The lowest BCUT2D eigenvalue weighted by molar-refractivity contribution is 0.0730. The molecule has 0 spiro atoms. The third kappa shape index (κ3) is 5.14. The average Bonchev–Trinajstić information content (AvgIpc) is 3.22. The number of hydrogen-bond donors (Lipinski definition) is 0. The van der Waals surface area contributed by atoms with Gasteiger partial charge in [0.25, 0.3) is 5.91 Å². The molecule has 196 valence electrons. The van der Waals surface area contributed by atoms with Crippen LogP contribution < -0.4 is 14.9 Å². The minimum Gasteiger partial charge on any atom is -0.497 e. The molecule has 1 aliphatic rings. The number of fused-ring (bicyclic) bond motifs is 2. The van der Waals surface area contributed by atoms with Crippen molar-refractivity contribution in [2.75, 3.05) is 20.3 Å². The van der Waals surface area contributed by atoms with E-state index >= 15 is 0 Å². The van der Waals surface area contributed by atoms with Gasteiger partial charge in [-0.2, -0.15) is 0 Å². The summed E-state index contributed by atoms with van der Waals surface area (Å²) in [6, 6.07) is 19.7. The van der Waals surface area contributed by atoms with Gasteiger partial charge in [-0.25, -0.2) is 0 Å². The Morgan fingerprint density at radius 3 is 2.39 bits per heavy atom. The van der Waals surface area contributed by atoms with E-state index in [1.54, 1.807) is 30.2 Å². The van der Waals surface area contributed by atoms with Crippen LogP contribution in [0.4, 0.5) is 0 Å². The van der Waals surface area contributed by atoms with Crippen molar-refractivity contribution >= 4 is 28.5 Å². The molecule has 4 aromatic rings. The van der Waals surface area contributed by atoms with Crippen molar-refractivity contribution in [2.24, 2.45) is 0 Å². The number of carbonyl (C=O) groups is 1. The van der Waals surface area contributed by atoms with Crippen LogP contribution in [-0.4, -0.2) is 31.1 Å². The third-order valence-electron chi connectivity index (χ3n) is 6.94. The summed E-state index contributed by atoms with van der Waals surface area (Å²) in [5.74, 6) is 1.32. The summed E-state index contributed by atoms with van der Waals surface area (Å²) < 4.78 is 17.2. The maximum Gasteiger partial charge on any atom is 0.290 e. The van der Waals surface area contributed by atoms with Gasteiger partial charge in [0.2, 0.25) is 5.76 Å². The van der Waals surface area contributed by atoms with Crippen molar-refractivity contribution in [3.63, 3.8) is 0 Å². The van der Waals surface area contributed by atoms with Crippen LogP contribution in [0.2, 0.25) is 5.02 Å². The van der Waals surface area contributed by atoms with Gasteiger partial charge >= 0.3 is 0 Å². The highest BCUT2D eigenvalue weighted by molar-refractivity contribution is 6.31. The highest BCUT2D eigenvalue weighted by atomic mass is 35.5. The fourth-order valence-electron chi connectivity index (χ4n) is 4.90. The van der Waals surface area contributed by atoms with Crippen molar-refractivity contribution in [2.45, 2.75) is 38.6 Å². The Labute approximate surface area is 226 Å². The first-order valence-corrected chi connectivity index (χ1v) is 13.3. The molecule has 0 N–H and O–H groups in total. The molecule has 38 heavy (non-hydrogen) atoms. The van der Waals surface area contributed by atoms with E-state index < -0.39 is 6.04 Å². The molecule has 6 nitrogen and oxygen atoms in total. The predicted molar refractivity (Wildman–Crippen MR) is 149 cm³/mol. The Kier molecular flexibility index (Phi) is 7.70. The normalized spacial score (nSPS) is 14.7. The van der Waals surface area contributed by atoms with E-state index in [1.807, 2.05) is 48.5 Å². The quantitative estimate of drug-likeness (QED) is 0.210. The molecular formula is C31H30ClNO5. The molecule has 3 aromatic carbocycles. The van der Waals surface area contributed by atoms with Gasteiger partial charge in [-0.1, -0.05) is 55.6 Å². The van der Waals surface area contributed by atoms with Crippen LogP contribution in [0, 0.1) is 0 Å². The zero-order valence-corrected chi connectivity index (χ0v) is 22.3. The molecule has 1 aromatic heterocycles. The molecule has 0 bridgehead atoms. The lowest BCUT2D eigenvalue weighted by Gasteiger charge is -2.25. The summed E-state index contributed by atoms with van der Waals surface area (Å²) in [7, 11) is 1.63. The summed E-state index contributed by atoms with van der Waals surface area (Å²) >= 11 is 6.19. The van der Waals surface area contributed by atoms with Crippen molar-refractivity contribution < 1.29 is 18.7 Å². The minimum absolute atomic E-state index is 0.0874. The molecule has 0 saturated carbocycles. The lowest BCUT2D eigenvalue weighted by Crippen LogP contribution is -2.31. The second-order valence-corrected chi connectivity index (χ2v) is 9.87. The topological polar surface area (TPSA) is 69.0 Å². The van der Waals surface area contributed by atoms with Gasteiger partial charge < -0.3 is 18.8 Å². The highest BCUT2D eigenvalue weighted by Gasteiger charge is 2.42. The molecule has 1 atom stereocenters. The van der Waals surface area contributed by atoms with Crippen LogP contribution in [0.25, 0.3) is 11.0 Å². The number of rotatable bonds is 10. The molecule has 1 aliphatic heterocycles.